The Hall–Kier alpha value is -0.610. The van der Waals surface area contributed by atoms with Gasteiger partial charge in [0.15, 0.2) is 0 Å². The SMILES string of the molecule is N[13CH2][13CH2][13C@H](N)[13C](=O)O. The predicted molar refractivity (Wildman–Crippen MR) is 29.3 cm³/mol. The number of carboxylic acids is 1. The molecular formula is C4H10N2O2. The minimum absolute atomic E-state index is 0.327. The number of carboxylic acid groups (broad SMARTS) is 1. The average molecular weight is 122 g/mol. The second-order valence-electron chi connectivity index (χ2n) is 1.52. The van der Waals surface area contributed by atoms with Gasteiger partial charge in [-0.15, -0.1) is 0 Å². The molecule has 0 amide bonds. The lowest BCUT2D eigenvalue weighted by atomic mass is 11.2. The molecule has 0 heterocycles. The molecule has 0 saturated carbocycles. The quantitative estimate of drug-likeness (QED) is 0.408. The van der Waals surface area contributed by atoms with Gasteiger partial charge in [0, 0.05) is 0 Å². The van der Waals surface area contributed by atoms with Gasteiger partial charge in [-0.1, -0.05) is 0 Å². The average Bonchev–Trinajstić information content (AvgIpc) is 1.67. The van der Waals surface area contributed by atoms with Crippen molar-refractivity contribution in [1.82, 2.24) is 0 Å². The summed E-state index contributed by atoms with van der Waals surface area (Å²) in [6, 6.07) is -0.792. The summed E-state index contributed by atoms with van der Waals surface area (Å²) in [5, 5.41) is 8.13. The fourth-order valence-electron chi connectivity index (χ4n) is 0.303. The molecule has 0 aromatic carbocycles. The van der Waals surface area contributed by atoms with Crippen LogP contribution in [0.4, 0.5) is 0 Å². The van der Waals surface area contributed by atoms with Gasteiger partial charge in [-0.2, -0.15) is 0 Å². The molecule has 0 aromatic heterocycles. The Morgan fingerprint density at radius 1 is 1.75 bits per heavy atom. The van der Waals surface area contributed by atoms with Crippen LogP contribution in [0, 0.1) is 0 Å². The number of carbonyl (C=O) groups is 1. The summed E-state index contributed by atoms with van der Waals surface area (Å²) in [6.45, 7) is 0.327. The number of hydrogen-bond acceptors (Lipinski definition) is 3. The molecule has 0 radical (unpaired) electrons. The molecule has 0 aliphatic heterocycles. The minimum Gasteiger partial charge on any atom is -0.480 e. The maximum Gasteiger partial charge on any atom is 0.320 e. The zero-order valence-electron chi connectivity index (χ0n) is 4.50. The lowest BCUT2D eigenvalue weighted by Gasteiger charge is -2.00. The van der Waals surface area contributed by atoms with Crippen LogP contribution in [0.15, 0.2) is 0 Å². The fourth-order valence-corrected chi connectivity index (χ4v) is 0.303. The highest BCUT2D eigenvalue weighted by atomic mass is 16.5. The molecule has 1 atom stereocenters. The number of rotatable bonds is 3. The van der Waals surface area contributed by atoms with Crippen LogP contribution in [0.3, 0.4) is 0 Å². The Balaban J connectivity index is 3.32. The Morgan fingerprint density at radius 3 is 2.38 bits per heavy atom. The number of nitrogens with two attached hydrogens (primary N) is 2. The van der Waals surface area contributed by atoms with Crippen LogP contribution in [0.1, 0.15) is 6.42 Å². The molecular weight excluding hydrogens is 112 g/mol. The first-order valence-electron chi connectivity index (χ1n) is 2.37. The van der Waals surface area contributed by atoms with Crippen molar-refractivity contribution in [3.8, 4) is 0 Å². The van der Waals surface area contributed by atoms with Crippen molar-refractivity contribution in [3.63, 3.8) is 0 Å². The molecule has 5 N–H and O–H groups in total. The summed E-state index contributed by atoms with van der Waals surface area (Å²) in [7, 11) is 0. The lowest BCUT2D eigenvalue weighted by molar-refractivity contribution is -0.138. The van der Waals surface area contributed by atoms with Gasteiger partial charge < -0.3 is 16.6 Å². The smallest absolute Gasteiger partial charge is 0.320 e. The van der Waals surface area contributed by atoms with E-state index in [1.165, 1.54) is 0 Å². The summed E-state index contributed by atoms with van der Waals surface area (Å²) >= 11 is 0. The molecule has 0 aliphatic rings. The molecule has 48 valence electrons. The molecule has 4 nitrogen and oxygen atoms in total. The summed E-state index contributed by atoms with van der Waals surface area (Å²) in [5.74, 6) is -0.990. The van der Waals surface area contributed by atoms with Crippen LogP contribution in [0.25, 0.3) is 0 Å². The molecule has 0 saturated heterocycles. The molecule has 0 spiro atoms. The van der Waals surface area contributed by atoms with Crippen molar-refractivity contribution in [3.05, 3.63) is 0 Å². The molecule has 0 unspecified atom stereocenters. The highest BCUT2D eigenvalue weighted by molar-refractivity contribution is 5.72. The van der Waals surface area contributed by atoms with Gasteiger partial charge in [0.2, 0.25) is 0 Å². The Morgan fingerprint density at radius 2 is 2.25 bits per heavy atom. The Labute approximate surface area is 47.5 Å². The summed E-state index contributed by atoms with van der Waals surface area (Å²) in [4.78, 5) is 9.91. The normalized spacial score (nSPS) is 13.2. The van der Waals surface area contributed by atoms with Gasteiger partial charge in [-0.05, 0) is 13.0 Å². The zero-order chi connectivity index (χ0) is 6.57. The first kappa shape index (κ1) is 7.39. The van der Waals surface area contributed by atoms with Crippen LogP contribution >= 0.6 is 0 Å². The van der Waals surface area contributed by atoms with E-state index in [0.29, 0.717) is 13.0 Å². The summed E-state index contributed by atoms with van der Waals surface area (Å²) in [6.07, 6.45) is 0.343. The van der Waals surface area contributed by atoms with Crippen molar-refractivity contribution in [2.45, 2.75) is 12.5 Å². The fraction of sp³-hybridized carbons (Fsp3) is 0.750. The van der Waals surface area contributed by atoms with Crippen molar-refractivity contribution < 1.29 is 9.90 Å². The van der Waals surface area contributed by atoms with Crippen LogP contribution in [0.5, 0.6) is 0 Å². The van der Waals surface area contributed by atoms with E-state index in [4.69, 9.17) is 16.6 Å². The highest BCUT2D eigenvalue weighted by Gasteiger charge is 2.07. The van der Waals surface area contributed by atoms with Crippen molar-refractivity contribution in [1.29, 1.82) is 0 Å². The number of aliphatic carboxylic acids is 1. The van der Waals surface area contributed by atoms with Gasteiger partial charge in [-0.3, -0.25) is 4.79 Å². The van der Waals surface area contributed by atoms with Crippen molar-refractivity contribution in [2.75, 3.05) is 6.54 Å². The standard InChI is InChI=1S/C4H10N2O2/c5-2-1-3(6)4(7)8/h3H,1-2,5-6H2,(H,7,8)/t3-/m0/s1/i1+1,2+1,3+1,4+1. The lowest BCUT2D eigenvalue weighted by Crippen LogP contribution is -2.32. The summed E-state index contributed by atoms with van der Waals surface area (Å²) < 4.78 is 0. The van der Waals surface area contributed by atoms with E-state index in [1.54, 1.807) is 0 Å². The maximum absolute atomic E-state index is 9.91. The first-order valence-corrected chi connectivity index (χ1v) is 2.37. The van der Waals surface area contributed by atoms with Gasteiger partial charge in [0.05, 0.1) is 0 Å². The molecule has 0 rings (SSSR count). The highest BCUT2D eigenvalue weighted by Crippen LogP contribution is 1.82. The van der Waals surface area contributed by atoms with Gasteiger partial charge in [-0.25, -0.2) is 0 Å². The Kier molecular flexibility index (Phi) is 3.14. The van der Waals surface area contributed by atoms with E-state index in [1.807, 2.05) is 0 Å². The van der Waals surface area contributed by atoms with E-state index in [2.05, 4.69) is 0 Å². The zero-order valence-corrected chi connectivity index (χ0v) is 4.50. The third-order valence-corrected chi connectivity index (χ3v) is 0.795. The number of hydrogen-bond donors (Lipinski definition) is 3. The van der Waals surface area contributed by atoms with Crippen LogP contribution in [-0.2, 0) is 4.79 Å². The van der Waals surface area contributed by atoms with E-state index in [0.717, 1.165) is 0 Å². The van der Waals surface area contributed by atoms with E-state index >= 15 is 0 Å². The van der Waals surface area contributed by atoms with Crippen LogP contribution in [0.2, 0.25) is 0 Å². The predicted octanol–water partition coefficient (Wildman–Crippen LogP) is -1.25. The molecule has 0 fully saturated rings. The molecule has 0 aliphatic carbocycles. The van der Waals surface area contributed by atoms with Gasteiger partial charge >= 0.3 is 5.97 Å². The third-order valence-electron chi connectivity index (χ3n) is 0.795. The molecule has 4 heteroatoms. The first-order chi connectivity index (χ1) is 3.68. The third kappa shape index (κ3) is 2.54. The second kappa shape index (κ2) is 3.40. The largest absolute Gasteiger partial charge is 0.480 e. The monoisotopic (exact) mass is 122 g/mol. The van der Waals surface area contributed by atoms with Gasteiger partial charge in [0.1, 0.15) is 6.04 Å². The molecule has 8 heavy (non-hydrogen) atoms. The second-order valence-corrected chi connectivity index (χ2v) is 1.52. The van der Waals surface area contributed by atoms with Crippen LogP contribution < -0.4 is 11.5 Å². The summed E-state index contributed by atoms with van der Waals surface area (Å²) in [5.41, 5.74) is 10.1. The molecule has 0 aromatic rings. The van der Waals surface area contributed by atoms with Gasteiger partial charge in [0.25, 0.3) is 0 Å². The van der Waals surface area contributed by atoms with Crippen LogP contribution in [-0.4, -0.2) is 23.7 Å². The van der Waals surface area contributed by atoms with Crippen molar-refractivity contribution >= 4 is 5.97 Å². The van der Waals surface area contributed by atoms with E-state index in [9.17, 15) is 4.79 Å². The van der Waals surface area contributed by atoms with Crippen molar-refractivity contribution in [2.24, 2.45) is 11.5 Å². The Bertz CT molecular complexity index is 84.1. The molecule has 0 bridgehead atoms. The topological polar surface area (TPSA) is 89.3 Å². The minimum atomic E-state index is -0.990. The van der Waals surface area contributed by atoms with E-state index < -0.39 is 12.0 Å². The van der Waals surface area contributed by atoms with E-state index in [-0.39, 0.29) is 0 Å². The maximum atomic E-state index is 9.91.